The van der Waals surface area contributed by atoms with Crippen molar-refractivity contribution < 1.29 is 10.0 Å². The zero-order valence-corrected chi connectivity index (χ0v) is 10.1. The summed E-state index contributed by atoms with van der Waals surface area (Å²) >= 11 is 0. The molecule has 0 heterocycles. The zero-order chi connectivity index (χ0) is 12.8. The van der Waals surface area contributed by atoms with Crippen molar-refractivity contribution in [3.05, 3.63) is 39.9 Å². The lowest BCUT2D eigenvalue weighted by Gasteiger charge is -2.20. The molecule has 5 nitrogen and oxygen atoms in total. The Morgan fingerprint density at radius 3 is 2.65 bits per heavy atom. The monoisotopic (exact) mass is 238 g/mol. The van der Waals surface area contributed by atoms with E-state index in [1.54, 1.807) is 18.2 Å². The minimum absolute atomic E-state index is 0.0292. The molecule has 0 bridgehead atoms. The molecule has 0 fully saturated rings. The predicted molar refractivity (Wildman–Crippen MR) is 65.8 cm³/mol. The number of rotatable bonds is 6. The van der Waals surface area contributed by atoms with Gasteiger partial charge in [-0.15, -0.1) is 0 Å². The van der Waals surface area contributed by atoms with Crippen molar-refractivity contribution >= 4 is 5.69 Å². The Bertz CT molecular complexity index is 378. The largest absolute Gasteiger partial charge is 0.395 e. The summed E-state index contributed by atoms with van der Waals surface area (Å²) in [5.41, 5.74) is 0.754. The Labute approximate surface area is 101 Å². The molecular formula is C12H18N2O3. The highest BCUT2D eigenvalue weighted by molar-refractivity contribution is 5.41. The number of hydrogen-bond acceptors (Lipinski definition) is 4. The summed E-state index contributed by atoms with van der Waals surface area (Å²) in [4.78, 5) is 10.5. The van der Waals surface area contributed by atoms with Crippen LogP contribution in [0.3, 0.4) is 0 Å². The first-order chi connectivity index (χ1) is 8.10. The van der Waals surface area contributed by atoms with Gasteiger partial charge in [0.05, 0.1) is 11.5 Å². The fourth-order valence-corrected chi connectivity index (χ4v) is 1.76. The number of aliphatic hydroxyl groups is 1. The second kappa shape index (κ2) is 6.32. The molecule has 0 radical (unpaired) electrons. The highest BCUT2D eigenvalue weighted by Crippen LogP contribution is 2.24. The first-order valence-electron chi connectivity index (χ1n) is 5.70. The Morgan fingerprint density at radius 2 is 2.12 bits per heavy atom. The third-order valence-corrected chi connectivity index (χ3v) is 2.80. The summed E-state index contributed by atoms with van der Waals surface area (Å²) in [6, 6.07) is 6.46. The van der Waals surface area contributed by atoms with Gasteiger partial charge in [0, 0.05) is 23.7 Å². The number of nitro groups is 1. The summed E-state index contributed by atoms with van der Waals surface area (Å²) in [6.45, 7) is 3.85. The molecule has 0 aromatic heterocycles. The van der Waals surface area contributed by atoms with Crippen molar-refractivity contribution in [3.8, 4) is 0 Å². The molecule has 0 saturated carbocycles. The summed E-state index contributed by atoms with van der Waals surface area (Å²) < 4.78 is 0. The average molecular weight is 238 g/mol. The van der Waals surface area contributed by atoms with Gasteiger partial charge < -0.3 is 10.4 Å². The lowest BCUT2D eigenvalue weighted by molar-refractivity contribution is -0.385. The maximum atomic E-state index is 10.9. The fourth-order valence-electron chi connectivity index (χ4n) is 1.76. The van der Waals surface area contributed by atoms with Gasteiger partial charge in [-0.25, -0.2) is 0 Å². The Kier molecular flexibility index (Phi) is 5.06. The van der Waals surface area contributed by atoms with Crippen LogP contribution in [0.5, 0.6) is 0 Å². The number of nitrogens with one attached hydrogen (secondary N) is 1. The zero-order valence-electron chi connectivity index (χ0n) is 10.1. The van der Waals surface area contributed by atoms with Crippen LogP contribution in [-0.4, -0.2) is 22.7 Å². The molecule has 5 heteroatoms. The molecule has 0 aliphatic carbocycles. The number of hydrogen-bond donors (Lipinski definition) is 2. The van der Waals surface area contributed by atoms with Crippen LogP contribution in [0, 0.1) is 10.1 Å². The second-order valence-corrected chi connectivity index (χ2v) is 3.99. The molecule has 2 atom stereocenters. The van der Waals surface area contributed by atoms with E-state index < -0.39 is 0 Å². The quantitative estimate of drug-likeness (QED) is 0.587. The minimum Gasteiger partial charge on any atom is -0.395 e. The standard InChI is InChI=1S/C12H18N2O3/c1-3-10(8-15)13-9(2)11-6-4-5-7-12(11)14(16)17/h4-7,9-10,13,15H,3,8H2,1-2H3/t9?,10-/m1/s1. The van der Waals surface area contributed by atoms with Gasteiger partial charge in [-0.1, -0.05) is 25.1 Å². The molecule has 0 aliphatic rings. The number of para-hydroxylation sites is 1. The molecular weight excluding hydrogens is 220 g/mol. The molecule has 0 amide bonds. The van der Waals surface area contributed by atoms with Crippen LogP contribution in [0.4, 0.5) is 5.69 Å². The van der Waals surface area contributed by atoms with Crippen molar-refractivity contribution in [2.45, 2.75) is 32.4 Å². The number of aliphatic hydroxyl groups excluding tert-OH is 1. The van der Waals surface area contributed by atoms with Gasteiger partial charge in [0.25, 0.3) is 5.69 Å². The van der Waals surface area contributed by atoms with E-state index in [0.29, 0.717) is 5.56 Å². The summed E-state index contributed by atoms with van der Waals surface area (Å²) in [5, 5.41) is 23.2. The molecule has 0 saturated heterocycles. The van der Waals surface area contributed by atoms with Crippen LogP contribution in [-0.2, 0) is 0 Å². The first-order valence-corrected chi connectivity index (χ1v) is 5.70. The Balaban J connectivity index is 2.88. The molecule has 2 N–H and O–H groups in total. The Morgan fingerprint density at radius 1 is 1.47 bits per heavy atom. The highest BCUT2D eigenvalue weighted by Gasteiger charge is 2.19. The van der Waals surface area contributed by atoms with E-state index >= 15 is 0 Å². The second-order valence-electron chi connectivity index (χ2n) is 3.99. The molecule has 0 spiro atoms. The van der Waals surface area contributed by atoms with Crippen LogP contribution in [0.25, 0.3) is 0 Å². The van der Waals surface area contributed by atoms with Gasteiger partial charge in [0.15, 0.2) is 0 Å². The van der Waals surface area contributed by atoms with Crippen molar-refractivity contribution in [3.63, 3.8) is 0 Å². The summed E-state index contributed by atoms with van der Waals surface area (Å²) in [6.07, 6.45) is 0.779. The van der Waals surface area contributed by atoms with Crippen LogP contribution < -0.4 is 5.32 Å². The van der Waals surface area contributed by atoms with E-state index in [9.17, 15) is 10.1 Å². The van der Waals surface area contributed by atoms with Gasteiger partial charge in [0.2, 0.25) is 0 Å². The summed E-state index contributed by atoms with van der Waals surface area (Å²) in [5.74, 6) is 0. The third kappa shape index (κ3) is 3.51. The van der Waals surface area contributed by atoms with E-state index in [0.717, 1.165) is 6.42 Å². The number of nitrogens with zero attached hydrogens (tertiary/aromatic N) is 1. The maximum absolute atomic E-state index is 10.9. The van der Waals surface area contributed by atoms with Crippen LogP contribution >= 0.6 is 0 Å². The van der Waals surface area contributed by atoms with E-state index in [-0.39, 0.29) is 29.3 Å². The molecule has 1 aromatic rings. The normalized spacial score (nSPS) is 14.3. The van der Waals surface area contributed by atoms with E-state index in [1.807, 2.05) is 13.8 Å². The van der Waals surface area contributed by atoms with Crippen molar-refractivity contribution in [1.82, 2.24) is 5.32 Å². The molecule has 0 aliphatic heterocycles. The van der Waals surface area contributed by atoms with Crippen molar-refractivity contribution in [1.29, 1.82) is 0 Å². The molecule has 1 rings (SSSR count). The van der Waals surface area contributed by atoms with Crippen molar-refractivity contribution in [2.75, 3.05) is 6.61 Å². The van der Waals surface area contributed by atoms with Gasteiger partial charge in [-0.3, -0.25) is 10.1 Å². The predicted octanol–water partition coefficient (Wildman–Crippen LogP) is 2.02. The molecule has 17 heavy (non-hydrogen) atoms. The minimum atomic E-state index is -0.382. The smallest absolute Gasteiger partial charge is 0.274 e. The highest BCUT2D eigenvalue weighted by atomic mass is 16.6. The first kappa shape index (κ1) is 13.6. The van der Waals surface area contributed by atoms with Crippen LogP contribution in [0.2, 0.25) is 0 Å². The fraction of sp³-hybridized carbons (Fsp3) is 0.500. The van der Waals surface area contributed by atoms with Gasteiger partial charge in [-0.2, -0.15) is 0 Å². The van der Waals surface area contributed by atoms with Gasteiger partial charge >= 0.3 is 0 Å². The lowest BCUT2D eigenvalue weighted by Crippen LogP contribution is -2.34. The van der Waals surface area contributed by atoms with Crippen LogP contribution in [0.15, 0.2) is 24.3 Å². The number of benzene rings is 1. The molecule has 94 valence electrons. The molecule has 1 aromatic carbocycles. The molecule has 1 unspecified atom stereocenters. The SMILES string of the molecule is CC[C@H](CO)NC(C)c1ccccc1[N+](=O)[O-]. The average Bonchev–Trinajstić information content (AvgIpc) is 2.35. The summed E-state index contributed by atoms with van der Waals surface area (Å²) in [7, 11) is 0. The van der Waals surface area contributed by atoms with E-state index in [2.05, 4.69) is 5.32 Å². The van der Waals surface area contributed by atoms with Gasteiger partial charge in [0.1, 0.15) is 0 Å². The van der Waals surface area contributed by atoms with E-state index in [1.165, 1.54) is 6.07 Å². The maximum Gasteiger partial charge on any atom is 0.274 e. The number of nitro benzene ring substituents is 1. The van der Waals surface area contributed by atoms with Gasteiger partial charge in [-0.05, 0) is 13.3 Å². The lowest BCUT2D eigenvalue weighted by atomic mass is 10.0. The third-order valence-electron chi connectivity index (χ3n) is 2.80. The van der Waals surface area contributed by atoms with Crippen molar-refractivity contribution in [2.24, 2.45) is 0 Å². The van der Waals surface area contributed by atoms with Crippen LogP contribution in [0.1, 0.15) is 31.9 Å². The topological polar surface area (TPSA) is 75.4 Å². The van der Waals surface area contributed by atoms with E-state index in [4.69, 9.17) is 5.11 Å². The Hall–Kier alpha value is -1.46.